The second-order valence-corrected chi connectivity index (χ2v) is 6.58. The molecule has 4 rings (SSSR count). The van der Waals surface area contributed by atoms with Crippen molar-refractivity contribution < 1.29 is 0 Å². The van der Waals surface area contributed by atoms with Crippen LogP contribution in [0.3, 0.4) is 0 Å². The lowest BCUT2D eigenvalue weighted by Gasteiger charge is -2.23. The number of likely N-dealkylation sites (tertiary alicyclic amines) is 1. The molecule has 0 amide bonds. The van der Waals surface area contributed by atoms with Gasteiger partial charge in [-0.3, -0.25) is 4.90 Å². The molecular formula is C17H23N. The van der Waals surface area contributed by atoms with Gasteiger partial charge in [-0.05, 0) is 80.6 Å². The van der Waals surface area contributed by atoms with E-state index < -0.39 is 0 Å². The van der Waals surface area contributed by atoms with Crippen LogP contribution in [0, 0.1) is 0 Å². The van der Waals surface area contributed by atoms with Crippen molar-refractivity contribution in [1.29, 1.82) is 0 Å². The van der Waals surface area contributed by atoms with Gasteiger partial charge in [-0.15, -0.1) is 0 Å². The van der Waals surface area contributed by atoms with Gasteiger partial charge in [-0.25, -0.2) is 0 Å². The average Bonchev–Trinajstić information content (AvgIpc) is 3.26. The molecule has 1 aromatic carbocycles. The largest absolute Gasteiger partial charge is 0.299 e. The molecule has 0 N–H and O–H groups in total. The van der Waals surface area contributed by atoms with E-state index in [1.807, 2.05) is 0 Å². The minimum Gasteiger partial charge on any atom is -0.299 e. The molecule has 1 aromatic rings. The highest BCUT2D eigenvalue weighted by atomic mass is 15.1. The summed E-state index contributed by atoms with van der Waals surface area (Å²) in [5.74, 6) is 1.78. The van der Waals surface area contributed by atoms with Gasteiger partial charge in [0.05, 0.1) is 0 Å². The molecule has 0 spiro atoms. The van der Waals surface area contributed by atoms with Crippen molar-refractivity contribution in [3.8, 4) is 0 Å². The van der Waals surface area contributed by atoms with E-state index in [0.29, 0.717) is 6.04 Å². The molecule has 0 radical (unpaired) electrons. The smallest absolute Gasteiger partial charge is 0.0348 e. The first kappa shape index (κ1) is 11.0. The van der Waals surface area contributed by atoms with Gasteiger partial charge in [0.25, 0.3) is 0 Å². The van der Waals surface area contributed by atoms with Crippen molar-refractivity contribution in [3.63, 3.8) is 0 Å². The topological polar surface area (TPSA) is 3.24 Å². The molecule has 1 unspecified atom stereocenters. The third-order valence-corrected chi connectivity index (χ3v) is 5.06. The summed E-state index contributed by atoms with van der Waals surface area (Å²) in [6.07, 6.45) is 8.42. The van der Waals surface area contributed by atoms with Crippen LogP contribution in [0.4, 0.5) is 0 Å². The maximum Gasteiger partial charge on any atom is 0.0348 e. The number of nitrogens with zero attached hydrogens (tertiary/aromatic N) is 1. The van der Waals surface area contributed by atoms with Crippen molar-refractivity contribution in [3.05, 3.63) is 34.9 Å². The van der Waals surface area contributed by atoms with Crippen molar-refractivity contribution in [2.24, 2.45) is 0 Å². The minimum absolute atomic E-state index is 0.708. The molecule has 1 nitrogen and oxygen atoms in total. The molecule has 96 valence electrons. The molecule has 1 aliphatic heterocycles. The SMILES string of the molecule is CN1CCCC1c1cc(C2CC2)ccc1C1CC1. The van der Waals surface area contributed by atoms with Gasteiger partial charge in [0.15, 0.2) is 0 Å². The Bertz CT molecular complexity index is 457. The Balaban J connectivity index is 1.74. The van der Waals surface area contributed by atoms with Crippen molar-refractivity contribution in [1.82, 2.24) is 4.90 Å². The summed E-state index contributed by atoms with van der Waals surface area (Å²) in [6, 6.07) is 8.16. The molecule has 3 fully saturated rings. The van der Waals surface area contributed by atoms with E-state index in [4.69, 9.17) is 0 Å². The molecule has 1 heteroatoms. The van der Waals surface area contributed by atoms with Crippen LogP contribution in [-0.4, -0.2) is 18.5 Å². The van der Waals surface area contributed by atoms with Crippen LogP contribution in [0.15, 0.2) is 18.2 Å². The lowest BCUT2D eigenvalue weighted by Crippen LogP contribution is -2.18. The second kappa shape index (κ2) is 4.09. The predicted octanol–water partition coefficient (Wildman–Crippen LogP) is 4.21. The van der Waals surface area contributed by atoms with E-state index in [1.54, 1.807) is 16.7 Å². The third kappa shape index (κ3) is 1.89. The lowest BCUT2D eigenvalue weighted by molar-refractivity contribution is 0.316. The second-order valence-electron chi connectivity index (χ2n) is 6.58. The molecule has 0 bridgehead atoms. The lowest BCUT2D eigenvalue weighted by atomic mass is 9.92. The highest BCUT2D eigenvalue weighted by Crippen LogP contribution is 2.48. The summed E-state index contributed by atoms with van der Waals surface area (Å²) in [7, 11) is 2.30. The minimum atomic E-state index is 0.708. The number of hydrogen-bond donors (Lipinski definition) is 0. The standard InChI is InChI=1S/C17H23N/c1-18-10-2-3-17(18)16-11-14(12-4-5-12)8-9-15(16)13-6-7-13/h8-9,11-13,17H,2-7,10H2,1H3. The molecule has 18 heavy (non-hydrogen) atoms. The third-order valence-electron chi connectivity index (χ3n) is 5.06. The Morgan fingerprint density at radius 3 is 2.33 bits per heavy atom. The Morgan fingerprint density at radius 2 is 1.72 bits per heavy atom. The number of benzene rings is 1. The van der Waals surface area contributed by atoms with Gasteiger partial charge < -0.3 is 0 Å². The molecule has 3 aliphatic rings. The zero-order valence-electron chi connectivity index (χ0n) is 11.4. The van der Waals surface area contributed by atoms with Crippen molar-refractivity contribution in [2.45, 2.75) is 56.4 Å². The first-order valence-corrected chi connectivity index (χ1v) is 7.67. The Labute approximate surface area is 110 Å². The van der Waals surface area contributed by atoms with Crippen LogP contribution >= 0.6 is 0 Å². The van der Waals surface area contributed by atoms with Gasteiger partial charge in [0.2, 0.25) is 0 Å². The maximum atomic E-state index is 2.57. The van der Waals surface area contributed by atoms with E-state index in [0.717, 1.165) is 11.8 Å². The molecular weight excluding hydrogens is 218 g/mol. The fraction of sp³-hybridized carbons (Fsp3) is 0.647. The van der Waals surface area contributed by atoms with Gasteiger partial charge in [0, 0.05) is 6.04 Å². The van der Waals surface area contributed by atoms with Gasteiger partial charge in [-0.2, -0.15) is 0 Å². The Kier molecular flexibility index (Phi) is 2.51. The fourth-order valence-corrected chi connectivity index (χ4v) is 3.62. The van der Waals surface area contributed by atoms with Crippen LogP contribution in [0.25, 0.3) is 0 Å². The summed E-state index contributed by atoms with van der Waals surface area (Å²) in [5, 5.41) is 0. The Hall–Kier alpha value is -0.820. The monoisotopic (exact) mass is 241 g/mol. The highest BCUT2D eigenvalue weighted by Gasteiger charge is 2.33. The van der Waals surface area contributed by atoms with E-state index in [1.165, 1.54) is 45.1 Å². The van der Waals surface area contributed by atoms with Gasteiger partial charge in [-0.1, -0.05) is 18.2 Å². The van der Waals surface area contributed by atoms with E-state index in [-0.39, 0.29) is 0 Å². The summed E-state index contributed by atoms with van der Waals surface area (Å²) in [4.78, 5) is 2.57. The van der Waals surface area contributed by atoms with E-state index >= 15 is 0 Å². The maximum absolute atomic E-state index is 2.57. The fourth-order valence-electron chi connectivity index (χ4n) is 3.62. The zero-order chi connectivity index (χ0) is 12.1. The molecule has 1 heterocycles. The van der Waals surface area contributed by atoms with E-state index in [9.17, 15) is 0 Å². The van der Waals surface area contributed by atoms with E-state index in [2.05, 4.69) is 30.1 Å². The first-order valence-electron chi connectivity index (χ1n) is 7.67. The van der Waals surface area contributed by atoms with Crippen molar-refractivity contribution in [2.75, 3.05) is 13.6 Å². The zero-order valence-corrected chi connectivity index (χ0v) is 11.4. The van der Waals surface area contributed by atoms with Crippen LogP contribution in [0.1, 0.15) is 73.1 Å². The van der Waals surface area contributed by atoms with Crippen LogP contribution in [-0.2, 0) is 0 Å². The van der Waals surface area contributed by atoms with Gasteiger partial charge >= 0.3 is 0 Å². The van der Waals surface area contributed by atoms with Crippen LogP contribution in [0.2, 0.25) is 0 Å². The Morgan fingerprint density at radius 1 is 0.944 bits per heavy atom. The first-order chi connectivity index (χ1) is 8.83. The van der Waals surface area contributed by atoms with Crippen molar-refractivity contribution >= 4 is 0 Å². The summed E-state index contributed by atoms with van der Waals surface area (Å²) >= 11 is 0. The summed E-state index contributed by atoms with van der Waals surface area (Å²) in [6.45, 7) is 1.28. The molecule has 2 saturated carbocycles. The molecule has 2 aliphatic carbocycles. The molecule has 0 aromatic heterocycles. The quantitative estimate of drug-likeness (QED) is 0.766. The van der Waals surface area contributed by atoms with Crippen LogP contribution < -0.4 is 0 Å². The predicted molar refractivity (Wildman–Crippen MR) is 75.0 cm³/mol. The number of rotatable bonds is 3. The number of hydrogen-bond acceptors (Lipinski definition) is 1. The van der Waals surface area contributed by atoms with Gasteiger partial charge in [0.1, 0.15) is 0 Å². The highest BCUT2D eigenvalue weighted by molar-refractivity contribution is 5.41. The van der Waals surface area contributed by atoms with Crippen LogP contribution in [0.5, 0.6) is 0 Å². The normalized spacial score (nSPS) is 28.8. The summed E-state index contributed by atoms with van der Waals surface area (Å²) < 4.78 is 0. The molecule has 1 saturated heterocycles. The molecule has 1 atom stereocenters. The summed E-state index contributed by atoms with van der Waals surface area (Å²) in [5.41, 5.74) is 4.98. The average molecular weight is 241 g/mol.